The molecule has 3 rings (SSSR count). The van der Waals surface area contributed by atoms with Crippen LogP contribution in [0, 0.1) is 5.92 Å². The van der Waals surface area contributed by atoms with Crippen molar-refractivity contribution in [1.29, 1.82) is 0 Å². The Labute approximate surface area is 239 Å². The van der Waals surface area contributed by atoms with Crippen molar-refractivity contribution in [1.82, 2.24) is 14.9 Å². The maximum Gasteiger partial charge on any atom is 0.243 e. The van der Waals surface area contributed by atoms with Crippen LogP contribution in [-0.2, 0) is 14.8 Å². The van der Waals surface area contributed by atoms with E-state index in [-0.39, 0.29) is 5.91 Å². The summed E-state index contributed by atoms with van der Waals surface area (Å²) in [6.07, 6.45) is 9.40. The van der Waals surface area contributed by atoms with Gasteiger partial charge in [0.25, 0.3) is 0 Å². The quantitative estimate of drug-likeness (QED) is 0.206. The van der Waals surface area contributed by atoms with Crippen LogP contribution in [0.5, 0.6) is 0 Å². The predicted molar refractivity (Wildman–Crippen MR) is 155 cm³/mol. The molecule has 0 unspecified atom stereocenters. The minimum absolute atomic E-state index is 0.118. The molecule has 0 saturated carbocycles. The second kappa shape index (κ2) is 15.2. The molecule has 0 aliphatic carbocycles. The fraction of sp³-hybridized carbons (Fsp3) is 0.444. The highest BCUT2D eigenvalue weighted by atomic mass is 79.9. The Bertz CT molecular complexity index is 1150. The van der Waals surface area contributed by atoms with Crippen LogP contribution in [0.2, 0.25) is 10.0 Å². The normalized spacial score (nSPS) is 15.3. The number of amides is 1. The zero-order valence-electron chi connectivity index (χ0n) is 20.8. The Balaban J connectivity index is 1.21. The van der Waals surface area contributed by atoms with E-state index in [1.807, 2.05) is 6.07 Å². The lowest BCUT2D eigenvalue weighted by Crippen LogP contribution is -2.35. The van der Waals surface area contributed by atoms with Gasteiger partial charge in [0, 0.05) is 23.6 Å². The summed E-state index contributed by atoms with van der Waals surface area (Å²) in [4.78, 5) is 14.8. The number of likely N-dealkylation sites (tertiary alicyclic amines) is 1. The second-order valence-electron chi connectivity index (χ2n) is 9.28. The van der Waals surface area contributed by atoms with Gasteiger partial charge in [-0.3, -0.25) is 4.79 Å². The first-order valence-electron chi connectivity index (χ1n) is 12.6. The number of rotatable bonds is 13. The van der Waals surface area contributed by atoms with Crippen molar-refractivity contribution in [3.63, 3.8) is 0 Å². The zero-order valence-corrected chi connectivity index (χ0v) is 24.7. The monoisotopic (exact) mass is 629 g/mol. The molecule has 2 aromatic rings. The van der Waals surface area contributed by atoms with E-state index in [9.17, 15) is 13.2 Å². The number of nitrogens with one attached hydrogen (secondary N) is 2. The van der Waals surface area contributed by atoms with Crippen LogP contribution in [-0.4, -0.2) is 51.9 Å². The van der Waals surface area contributed by atoms with Crippen molar-refractivity contribution in [3.8, 4) is 0 Å². The van der Waals surface area contributed by atoms with Crippen LogP contribution in [0.4, 0.5) is 0 Å². The van der Waals surface area contributed by atoms with Crippen LogP contribution in [0.1, 0.15) is 44.1 Å². The van der Waals surface area contributed by atoms with Crippen molar-refractivity contribution >= 4 is 61.1 Å². The number of hydrogen-bond acceptors (Lipinski definition) is 4. The summed E-state index contributed by atoms with van der Waals surface area (Å²) < 4.78 is 28.4. The Morgan fingerprint density at radius 1 is 1.00 bits per heavy atom. The molecule has 0 radical (unpaired) electrons. The molecule has 0 atom stereocenters. The van der Waals surface area contributed by atoms with Crippen LogP contribution < -0.4 is 10.0 Å². The minimum Gasteiger partial charge on any atom is -0.353 e. The third-order valence-electron chi connectivity index (χ3n) is 6.50. The van der Waals surface area contributed by atoms with Gasteiger partial charge in [0.1, 0.15) is 0 Å². The lowest BCUT2D eigenvalue weighted by Gasteiger charge is -2.32. The molecule has 2 aromatic carbocycles. The molecule has 37 heavy (non-hydrogen) atoms. The molecule has 1 saturated heterocycles. The minimum atomic E-state index is -3.45. The van der Waals surface area contributed by atoms with Crippen molar-refractivity contribution in [2.45, 2.75) is 43.4 Å². The summed E-state index contributed by atoms with van der Waals surface area (Å²) in [5.74, 6) is 0.434. The summed E-state index contributed by atoms with van der Waals surface area (Å²) in [7, 11) is -3.45. The van der Waals surface area contributed by atoms with Crippen molar-refractivity contribution in [2.75, 3.05) is 32.7 Å². The lowest BCUT2D eigenvalue weighted by molar-refractivity contribution is -0.116. The van der Waals surface area contributed by atoms with Crippen LogP contribution in [0.25, 0.3) is 6.08 Å². The van der Waals surface area contributed by atoms with Crippen molar-refractivity contribution in [3.05, 3.63) is 68.6 Å². The fourth-order valence-electron chi connectivity index (χ4n) is 4.29. The Morgan fingerprint density at radius 3 is 2.43 bits per heavy atom. The molecule has 0 spiro atoms. The first-order valence-corrected chi connectivity index (χ1v) is 15.6. The number of benzene rings is 2. The van der Waals surface area contributed by atoms with E-state index in [0.29, 0.717) is 33.9 Å². The standard InChI is InChI=1S/C27H34BrCl2N3O3S/c28-23-6-8-24(9-7-23)37(35,36)32-16-12-21-13-18-33(19-14-21)17-3-1-2-15-31-27(34)11-5-22-4-10-25(29)26(30)20-22/h4-11,20-21,32H,1-3,12-19H2,(H,31,34)/b11-5+. The number of carbonyl (C=O) groups is 1. The molecule has 10 heteroatoms. The molecule has 1 aliphatic heterocycles. The lowest BCUT2D eigenvalue weighted by atomic mass is 9.93. The number of piperidine rings is 1. The molecule has 202 valence electrons. The Hall–Kier alpha value is -1.42. The summed E-state index contributed by atoms with van der Waals surface area (Å²) in [6.45, 7) is 4.30. The van der Waals surface area contributed by atoms with Crippen LogP contribution in [0.3, 0.4) is 0 Å². The third kappa shape index (κ3) is 10.7. The van der Waals surface area contributed by atoms with Crippen molar-refractivity contribution in [2.24, 2.45) is 5.92 Å². The molecule has 1 fully saturated rings. The third-order valence-corrected chi connectivity index (χ3v) is 9.24. The highest BCUT2D eigenvalue weighted by Gasteiger charge is 2.20. The average Bonchev–Trinajstić information content (AvgIpc) is 2.88. The zero-order chi connectivity index (χ0) is 26.7. The molecule has 1 amide bonds. The SMILES string of the molecule is O=C(/C=C/c1ccc(Cl)c(Cl)c1)NCCCCCN1CCC(CCNS(=O)(=O)c2ccc(Br)cc2)CC1. The molecular weight excluding hydrogens is 597 g/mol. The van der Waals surface area contributed by atoms with E-state index in [4.69, 9.17) is 23.2 Å². The van der Waals surface area contributed by atoms with Gasteiger partial charge in [-0.25, -0.2) is 13.1 Å². The van der Waals surface area contributed by atoms with Gasteiger partial charge in [-0.05, 0) is 106 Å². The first kappa shape index (κ1) is 30.1. The molecule has 1 aliphatic rings. The van der Waals surface area contributed by atoms with E-state index in [1.54, 1.807) is 42.5 Å². The van der Waals surface area contributed by atoms with E-state index in [2.05, 4.69) is 30.9 Å². The van der Waals surface area contributed by atoms with E-state index >= 15 is 0 Å². The van der Waals surface area contributed by atoms with E-state index < -0.39 is 10.0 Å². The molecule has 0 bridgehead atoms. The smallest absolute Gasteiger partial charge is 0.243 e. The van der Waals surface area contributed by atoms with Gasteiger partial charge in [0.2, 0.25) is 15.9 Å². The van der Waals surface area contributed by atoms with Gasteiger partial charge in [0.15, 0.2) is 0 Å². The summed E-state index contributed by atoms with van der Waals surface area (Å²) >= 11 is 15.2. The highest BCUT2D eigenvalue weighted by molar-refractivity contribution is 9.10. The molecule has 2 N–H and O–H groups in total. The van der Waals surface area contributed by atoms with Crippen LogP contribution >= 0.6 is 39.1 Å². The van der Waals surface area contributed by atoms with Gasteiger partial charge < -0.3 is 10.2 Å². The summed E-state index contributed by atoms with van der Waals surface area (Å²) in [5, 5.41) is 3.87. The maximum atomic E-state index is 12.4. The van der Waals surface area contributed by atoms with E-state index in [0.717, 1.165) is 68.2 Å². The highest BCUT2D eigenvalue weighted by Crippen LogP contribution is 2.23. The van der Waals surface area contributed by atoms with Gasteiger partial charge >= 0.3 is 0 Å². The fourth-order valence-corrected chi connectivity index (χ4v) is 5.91. The number of sulfonamides is 1. The Morgan fingerprint density at radius 2 is 1.73 bits per heavy atom. The summed E-state index contributed by atoms with van der Waals surface area (Å²) in [6, 6.07) is 11.9. The van der Waals surface area contributed by atoms with Gasteiger partial charge in [-0.15, -0.1) is 0 Å². The maximum absolute atomic E-state index is 12.4. The van der Waals surface area contributed by atoms with Gasteiger partial charge in [-0.2, -0.15) is 0 Å². The first-order chi connectivity index (χ1) is 17.7. The topological polar surface area (TPSA) is 78.5 Å². The second-order valence-corrected chi connectivity index (χ2v) is 12.8. The van der Waals surface area contributed by atoms with Crippen molar-refractivity contribution < 1.29 is 13.2 Å². The number of unbranched alkanes of at least 4 members (excludes halogenated alkanes) is 2. The molecule has 6 nitrogen and oxygen atoms in total. The predicted octanol–water partition coefficient (Wildman–Crippen LogP) is 6.14. The van der Waals surface area contributed by atoms with E-state index in [1.165, 1.54) is 6.08 Å². The number of halogens is 3. The van der Waals surface area contributed by atoms with Crippen LogP contribution in [0.15, 0.2) is 57.9 Å². The van der Waals surface area contributed by atoms with Gasteiger partial charge in [-0.1, -0.05) is 51.6 Å². The molecule has 1 heterocycles. The average molecular weight is 631 g/mol. The molecule has 0 aromatic heterocycles. The van der Waals surface area contributed by atoms with Gasteiger partial charge in [0.05, 0.1) is 14.9 Å². The molecular formula is C27H34BrCl2N3O3S. The number of hydrogen-bond donors (Lipinski definition) is 2. The summed E-state index contributed by atoms with van der Waals surface area (Å²) in [5.41, 5.74) is 0.829. The largest absolute Gasteiger partial charge is 0.353 e. The number of nitrogens with zero attached hydrogens (tertiary/aromatic N) is 1. The number of carbonyl (C=O) groups excluding carboxylic acids is 1. The Kier molecular flexibility index (Phi) is 12.4.